The number of amidine groups is 1. The number of carbonyl (C=O) groups excluding carboxylic acids is 2. The molecule has 0 atom stereocenters. The highest BCUT2D eigenvalue weighted by Crippen LogP contribution is 2.33. The number of nitrogens with zero attached hydrogens (tertiary/aromatic N) is 3. The van der Waals surface area contributed by atoms with Crippen LogP contribution in [0.15, 0.2) is 9.52 Å². The molecule has 2 N–H and O–H groups in total. The molecule has 0 saturated heterocycles. The molecule has 0 aromatic carbocycles. The zero-order valence-corrected chi connectivity index (χ0v) is 13.4. The predicted molar refractivity (Wildman–Crippen MR) is 82.0 cm³/mol. The number of carbonyl (C=O) groups is 2. The van der Waals surface area contributed by atoms with Gasteiger partial charge in [-0.15, -0.1) is 0 Å². The highest BCUT2D eigenvalue weighted by Gasteiger charge is 2.45. The van der Waals surface area contributed by atoms with Gasteiger partial charge in [-0.25, -0.2) is 4.79 Å². The van der Waals surface area contributed by atoms with Crippen molar-refractivity contribution in [2.45, 2.75) is 63.8 Å². The molecule has 1 saturated carbocycles. The van der Waals surface area contributed by atoms with Crippen molar-refractivity contribution < 1.29 is 14.1 Å². The van der Waals surface area contributed by atoms with E-state index in [4.69, 9.17) is 4.52 Å². The summed E-state index contributed by atoms with van der Waals surface area (Å²) >= 11 is 0. The first-order valence-corrected chi connectivity index (χ1v) is 8.02. The molecule has 8 nitrogen and oxygen atoms in total. The summed E-state index contributed by atoms with van der Waals surface area (Å²) in [7, 11) is 0. The smallest absolute Gasteiger partial charge is 0.339 e. The summed E-state index contributed by atoms with van der Waals surface area (Å²) in [6.45, 7) is 3.95. The fourth-order valence-electron chi connectivity index (χ4n) is 3.01. The molecular formula is C15H21N5O3. The van der Waals surface area contributed by atoms with Crippen molar-refractivity contribution >= 4 is 17.8 Å². The number of amides is 3. The quantitative estimate of drug-likeness (QED) is 0.877. The summed E-state index contributed by atoms with van der Waals surface area (Å²) in [5, 5.41) is 9.52. The van der Waals surface area contributed by atoms with Crippen LogP contribution < -0.4 is 10.6 Å². The summed E-state index contributed by atoms with van der Waals surface area (Å²) in [6, 6.07) is -0.374. The Morgan fingerprint density at radius 1 is 1.39 bits per heavy atom. The normalized spacial score (nSPS) is 19.3. The van der Waals surface area contributed by atoms with Gasteiger partial charge in [0.05, 0.1) is 5.54 Å². The predicted octanol–water partition coefficient (Wildman–Crippen LogP) is 1.68. The third-order valence-electron chi connectivity index (χ3n) is 4.29. The lowest BCUT2D eigenvalue weighted by molar-refractivity contribution is -0.119. The van der Waals surface area contributed by atoms with E-state index >= 15 is 0 Å². The highest BCUT2D eigenvalue weighted by molar-refractivity contribution is 6.12. The Morgan fingerprint density at radius 3 is 2.78 bits per heavy atom. The van der Waals surface area contributed by atoms with Gasteiger partial charge in [-0.05, 0) is 12.8 Å². The topological polar surface area (TPSA) is 109 Å². The van der Waals surface area contributed by atoms with Crippen LogP contribution in [-0.4, -0.2) is 33.5 Å². The fourth-order valence-corrected chi connectivity index (χ4v) is 3.01. The minimum Gasteiger partial charge on any atom is -0.339 e. The maximum atomic E-state index is 12.1. The van der Waals surface area contributed by atoms with E-state index in [2.05, 4.69) is 25.8 Å². The fraction of sp³-hybridized carbons (Fsp3) is 0.667. The Bertz CT molecular complexity index is 643. The van der Waals surface area contributed by atoms with Crippen molar-refractivity contribution in [3.63, 3.8) is 0 Å². The second-order valence-corrected chi connectivity index (χ2v) is 6.43. The van der Waals surface area contributed by atoms with Gasteiger partial charge in [0.25, 0.3) is 0 Å². The van der Waals surface area contributed by atoms with Gasteiger partial charge in [0, 0.05) is 18.8 Å². The van der Waals surface area contributed by atoms with E-state index in [1.807, 2.05) is 13.8 Å². The molecule has 124 valence electrons. The van der Waals surface area contributed by atoms with Gasteiger partial charge in [0.2, 0.25) is 11.8 Å². The standard InChI is InChI=1S/C15H21N5O3/c1-9(2)12-17-11(23-20-12)6-5-10(21)16-13-15(7-3-4-8-15)19-14(22)18-13/h9H,3-8H2,1-2H3,(H2,16,18,19,21,22). The van der Waals surface area contributed by atoms with Crippen LogP contribution >= 0.6 is 0 Å². The van der Waals surface area contributed by atoms with E-state index < -0.39 is 5.54 Å². The number of aryl methyl sites for hydroxylation is 1. The van der Waals surface area contributed by atoms with Gasteiger partial charge in [-0.2, -0.15) is 9.98 Å². The summed E-state index contributed by atoms with van der Waals surface area (Å²) in [5.74, 6) is 1.53. The lowest BCUT2D eigenvalue weighted by Gasteiger charge is -2.25. The van der Waals surface area contributed by atoms with E-state index in [0.29, 0.717) is 24.0 Å². The third kappa shape index (κ3) is 3.25. The molecule has 23 heavy (non-hydrogen) atoms. The number of urea groups is 1. The molecule has 3 rings (SSSR count). The number of hydrogen-bond donors (Lipinski definition) is 2. The Hall–Kier alpha value is -2.25. The third-order valence-corrected chi connectivity index (χ3v) is 4.29. The monoisotopic (exact) mass is 319 g/mol. The number of hydrogen-bond acceptors (Lipinski definition) is 5. The van der Waals surface area contributed by atoms with Crippen molar-refractivity contribution in [3.8, 4) is 0 Å². The maximum absolute atomic E-state index is 12.1. The molecule has 3 amide bonds. The second kappa shape index (κ2) is 6.10. The molecule has 2 aliphatic rings. The molecule has 0 unspecified atom stereocenters. The van der Waals surface area contributed by atoms with Crippen LogP contribution in [0.25, 0.3) is 0 Å². The van der Waals surface area contributed by atoms with Gasteiger partial charge in [-0.1, -0.05) is 31.8 Å². The van der Waals surface area contributed by atoms with Crippen molar-refractivity contribution in [2.24, 2.45) is 4.99 Å². The van der Waals surface area contributed by atoms with E-state index in [1.165, 1.54) is 0 Å². The number of aromatic nitrogens is 2. The minimum atomic E-state index is -0.470. The Balaban J connectivity index is 1.56. The van der Waals surface area contributed by atoms with Gasteiger partial charge in [0.1, 0.15) is 5.84 Å². The maximum Gasteiger partial charge on any atom is 0.343 e. The van der Waals surface area contributed by atoms with Crippen molar-refractivity contribution in [1.82, 2.24) is 20.8 Å². The van der Waals surface area contributed by atoms with E-state index in [1.54, 1.807) is 0 Å². The molecule has 1 aliphatic heterocycles. The van der Waals surface area contributed by atoms with Gasteiger partial charge >= 0.3 is 6.03 Å². The Labute approximate surface area is 134 Å². The van der Waals surface area contributed by atoms with Crippen molar-refractivity contribution in [3.05, 3.63) is 11.7 Å². The SMILES string of the molecule is CC(C)c1noc(CCC(=O)NC2=NC(=O)NC23CCCC3)n1. The first-order valence-electron chi connectivity index (χ1n) is 8.02. The highest BCUT2D eigenvalue weighted by atomic mass is 16.5. The molecule has 1 aromatic heterocycles. The summed E-state index contributed by atoms with van der Waals surface area (Å²) in [4.78, 5) is 31.9. The lowest BCUT2D eigenvalue weighted by atomic mass is 9.97. The van der Waals surface area contributed by atoms with Crippen LogP contribution in [-0.2, 0) is 11.2 Å². The lowest BCUT2D eigenvalue weighted by Crippen LogP contribution is -2.52. The van der Waals surface area contributed by atoms with E-state index in [9.17, 15) is 9.59 Å². The molecule has 1 aromatic rings. The molecule has 2 heterocycles. The largest absolute Gasteiger partial charge is 0.343 e. The van der Waals surface area contributed by atoms with Crippen LogP contribution in [0.4, 0.5) is 4.79 Å². The van der Waals surface area contributed by atoms with Crippen LogP contribution in [0.2, 0.25) is 0 Å². The van der Waals surface area contributed by atoms with Crippen molar-refractivity contribution in [1.29, 1.82) is 0 Å². The average molecular weight is 319 g/mol. The van der Waals surface area contributed by atoms with Gasteiger partial charge in [-0.3, -0.25) is 4.79 Å². The molecule has 8 heteroatoms. The summed E-state index contributed by atoms with van der Waals surface area (Å²) in [6.07, 6.45) is 4.26. The number of nitrogens with one attached hydrogen (secondary N) is 2. The molecule has 1 aliphatic carbocycles. The first kappa shape index (κ1) is 15.6. The molecule has 1 spiro atoms. The summed E-state index contributed by atoms with van der Waals surface area (Å²) < 4.78 is 5.12. The average Bonchev–Trinajstić information content (AvgIpc) is 3.19. The molecule has 0 bridgehead atoms. The van der Waals surface area contributed by atoms with Gasteiger partial charge in [0.15, 0.2) is 5.82 Å². The van der Waals surface area contributed by atoms with E-state index in [0.717, 1.165) is 25.7 Å². The minimum absolute atomic E-state index is 0.188. The van der Waals surface area contributed by atoms with Crippen LogP contribution in [0, 0.1) is 0 Å². The van der Waals surface area contributed by atoms with Gasteiger partial charge < -0.3 is 15.2 Å². The zero-order chi connectivity index (χ0) is 16.4. The van der Waals surface area contributed by atoms with Crippen LogP contribution in [0.3, 0.4) is 0 Å². The Morgan fingerprint density at radius 2 is 2.13 bits per heavy atom. The Kier molecular flexibility index (Phi) is 4.14. The number of aliphatic imine (C=N–C) groups is 1. The first-order chi connectivity index (χ1) is 11.0. The zero-order valence-electron chi connectivity index (χ0n) is 13.4. The molecular weight excluding hydrogens is 298 g/mol. The summed E-state index contributed by atoms with van der Waals surface area (Å²) in [5.41, 5.74) is -0.470. The van der Waals surface area contributed by atoms with Crippen LogP contribution in [0.1, 0.15) is 63.6 Å². The number of rotatable bonds is 4. The van der Waals surface area contributed by atoms with Crippen LogP contribution in [0.5, 0.6) is 0 Å². The second-order valence-electron chi connectivity index (χ2n) is 6.43. The molecule has 1 fully saturated rings. The van der Waals surface area contributed by atoms with Crippen molar-refractivity contribution in [2.75, 3.05) is 0 Å². The van der Waals surface area contributed by atoms with E-state index in [-0.39, 0.29) is 24.3 Å². The molecule has 0 radical (unpaired) electrons.